The van der Waals surface area contributed by atoms with Crippen molar-refractivity contribution in [3.63, 3.8) is 0 Å². The first-order valence-electron chi connectivity index (χ1n) is 3.99. The van der Waals surface area contributed by atoms with Crippen molar-refractivity contribution in [3.8, 4) is 0 Å². The Hall–Kier alpha value is 0.530. The van der Waals surface area contributed by atoms with E-state index >= 15 is 0 Å². The van der Waals surface area contributed by atoms with Gasteiger partial charge in [-0.15, -0.1) is 11.3 Å². The van der Waals surface area contributed by atoms with Crippen LogP contribution in [-0.4, -0.2) is 5.75 Å². The summed E-state index contributed by atoms with van der Waals surface area (Å²) in [5, 5.41) is 2.14. The van der Waals surface area contributed by atoms with Gasteiger partial charge in [0.1, 0.15) is 0 Å². The molecule has 0 aliphatic heterocycles. The number of thiophene rings is 1. The molecule has 1 rings (SSSR count). The summed E-state index contributed by atoms with van der Waals surface area (Å²) in [6, 6.07) is 2.21. The molecule has 0 fully saturated rings. The summed E-state index contributed by atoms with van der Waals surface area (Å²) < 4.78 is 1.22. The smallest absolute Gasteiger partial charge is 0.0285 e. The average molecular weight is 265 g/mol. The lowest BCUT2D eigenvalue weighted by Crippen LogP contribution is -1.90. The summed E-state index contributed by atoms with van der Waals surface area (Å²) in [6.07, 6.45) is 0. The van der Waals surface area contributed by atoms with E-state index in [1.165, 1.54) is 15.1 Å². The van der Waals surface area contributed by atoms with E-state index < -0.39 is 0 Å². The van der Waals surface area contributed by atoms with Crippen LogP contribution in [0.3, 0.4) is 0 Å². The molecule has 0 N–H and O–H groups in total. The van der Waals surface area contributed by atoms with E-state index in [9.17, 15) is 0 Å². The summed E-state index contributed by atoms with van der Waals surface area (Å²) in [7, 11) is 0. The van der Waals surface area contributed by atoms with Crippen LogP contribution in [0.15, 0.2) is 15.9 Å². The van der Waals surface area contributed by atoms with Crippen LogP contribution < -0.4 is 0 Å². The number of hydrogen-bond donors (Lipinski definition) is 0. The van der Waals surface area contributed by atoms with Crippen LogP contribution in [0.25, 0.3) is 0 Å². The quantitative estimate of drug-likeness (QED) is 0.777. The van der Waals surface area contributed by atoms with Crippen molar-refractivity contribution >= 4 is 39.0 Å². The minimum atomic E-state index is 0.804. The second-order valence-corrected chi connectivity index (χ2v) is 6.08. The van der Waals surface area contributed by atoms with Crippen molar-refractivity contribution in [3.05, 3.63) is 20.8 Å². The predicted molar refractivity (Wildman–Crippen MR) is 63.0 cm³/mol. The lowest BCUT2D eigenvalue weighted by Gasteiger charge is -2.01. The monoisotopic (exact) mass is 264 g/mol. The SMILES string of the molecule is CC(C)CSCc1cc(Br)cs1. The fourth-order valence-corrected chi connectivity index (χ4v) is 3.46. The number of rotatable bonds is 4. The molecule has 0 aliphatic carbocycles. The maximum absolute atomic E-state index is 3.45. The van der Waals surface area contributed by atoms with E-state index in [0.717, 1.165) is 11.7 Å². The standard InChI is InChI=1S/C9H13BrS2/c1-7(2)4-11-6-9-3-8(10)5-12-9/h3,5,7H,4,6H2,1-2H3. The van der Waals surface area contributed by atoms with Crippen LogP contribution in [0.4, 0.5) is 0 Å². The van der Waals surface area contributed by atoms with E-state index in [0.29, 0.717) is 0 Å². The molecule has 0 aliphatic rings. The summed E-state index contributed by atoms with van der Waals surface area (Å²) >= 11 is 7.30. The molecule has 12 heavy (non-hydrogen) atoms. The lowest BCUT2D eigenvalue weighted by atomic mass is 10.3. The van der Waals surface area contributed by atoms with Crippen molar-refractivity contribution in [2.24, 2.45) is 5.92 Å². The van der Waals surface area contributed by atoms with Crippen LogP contribution in [0.2, 0.25) is 0 Å². The zero-order valence-corrected chi connectivity index (χ0v) is 10.6. The Morgan fingerprint density at radius 1 is 1.58 bits per heavy atom. The van der Waals surface area contributed by atoms with Crippen LogP contribution in [0.5, 0.6) is 0 Å². The average Bonchev–Trinajstić information content (AvgIpc) is 2.35. The van der Waals surface area contributed by atoms with Gasteiger partial charge in [0.25, 0.3) is 0 Å². The summed E-state index contributed by atoms with van der Waals surface area (Å²) in [5.41, 5.74) is 0. The summed E-state index contributed by atoms with van der Waals surface area (Å²) in [6.45, 7) is 4.52. The number of hydrogen-bond acceptors (Lipinski definition) is 2. The molecule has 0 saturated carbocycles. The van der Waals surface area contributed by atoms with Gasteiger partial charge in [0.05, 0.1) is 0 Å². The van der Waals surface area contributed by atoms with Crippen molar-refractivity contribution in [1.82, 2.24) is 0 Å². The Morgan fingerprint density at radius 2 is 2.33 bits per heavy atom. The van der Waals surface area contributed by atoms with Crippen molar-refractivity contribution in [1.29, 1.82) is 0 Å². The normalized spacial score (nSPS) is 11.0. The molecule has 0 radical (unpaired) electrons. The number of halogens is 1. The fraction of sp³-hybridized carbons (Fsp3) is 0.556. The van der Waals surface area contributed by atoms with Gasteiger partial charge in [-0.25, -0.2) is 0 Å². The Morgan fingerprint density at radius 3 is 2.83 bits per heavy atom. The van der Waals surface area contributed by atoms with E-state index in [1.807, 2.05) is 23.1 Å². The van der Waals surface area contributed by atoms with Crippen molar-refractivity contribution in [2.45, 2.75) is 19.6 Å². The first-order chi connectivity index (χ1) is 5.68. The molecular formula is C9H13BrS2. The highest BCUT2D eigenvalue weighted by atomic mass is 79.9. The fourth-order valence-electron chi connectivity index (χ4n) is 0.825. The number of thioether (sulfide) groups is 1. The third-order valence-electron chi connectivity index (χ3n) is 1.32. The second kappa shape index (κ2) is 5.30. The highest BCUT2D eigenvalue weighted by Crippen LogP contribution is 2.24. The Kier molecular flexibility index (Phi) is 4.69. The zero-order valence-electron chi connectivity index (χ0n) is 7.34. The van der Waals surface area contributed by atoms with Gasteiger partial charge in [-0.3, -0.25) is 0 Å². The molecule has 1 aromatic rings. The predicted octanol–water partition coefficient (Wildman–Crippen LogP) is 4.40. The molecule has 1 heterocycles. The first-order valence-corrected chi connectivity index (χ1v) is 6.82. The highest BCUT2D eigenvalue weighted by Gasteiger charge is 1.98. The highest BCUT2D eigenvalue weighted by molar-refractivity contribution is 9.10. The minimum Gasteiger partial charge on any atom is -0.156 e. The van der Waals surface area contributed by atoms with E-state index in [2.05, 4.69) is 41.2 Å². The van der Waals surface area contributed by atoms with Gasteiger partial charge < -0.3 is 0 Å². The Balaban J connectivity index is 2.24. The van der Waals surface area contributed by atoms with Gasteiger partial charge in [0.15, 0.2) is 0 Å². The van der Waals surface area contributed by atoms with Crippen LogP contribution in [0, 0.1) is 5.92 Å². The zero-order chi connectivity index (χ0) is 8.97. The molecule has 68 valence electrons. The third-order valence-corrected chi connectivity index (χ3v) is 4.62. The minimum absolute atomic E-state index is 0.804. The molecule has 1 aromatic heterocycles. The van der Waals surface area contributed by atoms with Crippen molar-refractivity contribution < 1.29 is 0 Å². The van der Waals surface area contributed by atoms with Crippen LogP contribution in [0.1, 0.15) is 18.7 Å². The molecule has 0 atom stereocenters. The molecule has 0 spiro atoms. The van der Waals surface area contributed by atoms with Gasteiger partial charge in [0, 0.05) is 20.5 Å². The topological polar surface area (TPSA) is 0 Å². The molecule has 0 aromatic carbocycles. The molecule has 0 unspecified atom stereocenters. The summed E-state index contributed by atoms with van der Waals surface area (Å²) in [5.74, 6) is 3.22. The molecule has 0 amide bonds. The largest absolute Gasteiger partial charge is 0.156 e. The second-order valence-electron chi connectivity index (χ2n) is 3.14. The van der Waals surface area contributed by atoms with Crippen molar-refractivity contribution in [2.75, 3.05) is 5.75 Å². The van der Waals surface area contributed by atoms with Crippen LogP contribution >= 0.6 is 39.0 Å². The third kappa shape index (κ3) is 3.97. The molecular weight excluding hydrogens is 252 g/mol. The molecule has 3 heteroatoms. The van der Waals surface area contributed by atoms with Gasteiger partial charge in [-0.1, -0.05) is 13.8 Å². The molecule has 0 nitrogen and oxygen atoms in total. The molecule has 0 bridgehead atoms. The Labute approximate surface area is 90.9 Å². The maximum Gasteiger partial charge on any atom is 0.0285 e. The Bertz CT molecular complexity index is 230. The molecule has 0 saturated heterocycles. The summed E-state index contributed by atoms with van der Waals surface area (Å²) in [4.78, 5) is 1.47. The van der Waals surface area contributed by atoms with Crippen LogP contribution in [-0.2, 0) is 5.75 Å². The van der Waals surface area contributed by atoms with Gasteiger partial charge >= 0.3 is 0 Å². The maximum atomic E-state index is 3.45. The van der Waals surface area contributed by atoms with E-state index in [4.69, 9.17) is 0 Å². The van der Waals surface area contributed by atoms with E-state index in [1.54, 1.807) is 0 Å². The van der Waals surface area contributed by atoms with E-state index in [-0.39, 0.29) is 0 Å². The van der Waals surface area contributed by atoms with Gasteiger partial charge in [-0.05, 0) is 33.7 Å². The van der Waals surface area contributed by atoms with Gasteiger partial charge in [-0.2, -0.15) is 11.8 Å². The first kappa shape index (κ1) is 10.6. The lowest BCUT2D eigenvalue weighted by molar-refractivity contribution is 0.750. The van der Waals surface area contributed by atoms with Gasteiger partial charge in [0.2, 0.25) is 0 Å².